The van der Waals surface area contributed by atoms with Crippen LogP contribution in [0, 0.1) is 0 Å². The summed E-state index contributed by atoms with van der Waals surface area (Å²) in [5.74, 6) is 0. The number of halogens is 1. The Hall–Kier alpha value is -2.04. The lowest BCUT2D eigenvalue weighted by Crippen LogP contribution is -2.28. The number of hydrogen-bond donors (Lipinski definition) is 2. The van der Waals surface area contributed by atoms with E-state index >= 15 is 0 Å². The minimum atomic E-state index is 0. The monoisotopic (exact) mass is 342 g/mol. The van der Waals surface area contributed by atoms with Gasteiger partial charge in [0.2, 0.25) is 0 Å². The van der Waals surface area contributed by atoms with Crippen LogP contribution in [0.5, 0.6) is 0 Å². The summed E-state index contributed by atoms with van der Waals surface area (Å²) in [5.41, 5.74) is 3.66. The number of anilines is 1. The smallest absolute Gasteiger partial charge is 0.0651 e. The highest BCUT2D eigenvalue weighted by Gasteiger charge is 2.26. The highest BCUT2D eigenvalue weighted by Crippen LogP contribution is 2.26. The van der Waals surface area contributed by atoms with Gasteiger partial charge in [-0.15, -0.1) is 12.4 Å². The topological polar surface area (TPSA) is 44.0 Å². The third-order valence-electron chi connectivity index (χ3n) is 4.86. The molecule has 0 radical (unpaired) electrons. The van der Waals surface area contributed by atoms with Gasteiger partial charge in [0.1, 0.15) is 0 Å². The summed E-state index contributed by atoms with van der Waals surface area (Å²) >= 11 is 0. The molecule has 0 bridgehead atoms. The molecule has 0 aliphatic carbocycles. The maximum absolute atomic E-state index is 4.08. The van der Waals surface area contributed by atoms with Gasteiger partial charge in [-0.25, -0.2) is 0 Å². The van der Waals surface area contributed by atoms with Crippen LogP contribution in [-0.2, 0) is 0 Å². The van der Waals surface area contributed by atoms with E-state index in [1.807, 2.05) is 6.20 Å². The fourth-order valence-corrected chi connectivity index (χ4v) is 3.47. The van der Waals surface area contributed by atoms with E-state index in [1.165, 1.54) is 17.7 Å². The van der Waals surface area contributed by atoms with Crippen LogP contribution in [0.1, 0.15) is 24.9 Å². The van der Waals surface area contributed by atoms with Crippen molar-refractivity contribution >= 4 is 29.0 Å². The first-order valence-corrected chi connectivity index (χ1v) is 8.28. The molecule has 2 atom stereocenters. The van der Waals surface area contributed by atoms with Gasteiger partial charge in [-0.05, 0) is 37.1 Å². The van der Waals surface area contributed by atoms with Gasteiger partial charge in [-0.2, -0.15) is 5.10 Å². The van der Waals surface area contributed by atoms with Crippen molar-refractivity contribution in [2.75, 3.05) is 18.4 Å². The van der Waals surface area contributed by atoms with Crippen molar-refractivity contribution in [3.8, 4) is 0 Å². The average Bonchev–Trinajstić information content (AvgIpc) is 3.24. The molecule has 2 heterocycles. The molecule has 4 nitrogen and oxygen atoms in total. The first-order chi connectivity index (χ1) is 11.3. The number of rotatable bonds is 4. The summed E-state index contributed by atoms with van der Waals surface area (Å²) in [4.78, 5) is 2.56. The molecule has 1 saturated heterocycles. The van der Waals surface area contributed by atoms with Crippen LogP contribution in [0.25, 0.3) is 10.9 Å². The van der Waals surface area contributed by atoms with Gasteiger partial charge in [0, 0.05) is 36.2 Å². The van der Waals surface area contributed by atoms with Crippen LogP contribution in [0.4, 0.5) is 5.69 Å². The van der Waals surface area contributed by atoms with Crippen molar-refractivity contribution < 1.29 is 0 Å². The summed E-state index contributed by atoms with van der Waals surface area (Å²) in [6, 6.07) is 18.1. The van der Waals surface area contributed by atoms with E-state index in [9.17, 15) is 0 Å². The Morgan fingerprint density at radius 3 is 2.88 bits per heavy atom. The van der Waals surface area contributed by atoms with E-state index < -0.39 is 0 Å². The summed E-state index contributed by atoms with van der Waals surface area (Å²) < 4.78 is 0. The molecule has 0 saturated carbocycles. The predicted molar refractivity (Wildman–Crippen MR) is 102 cm³/mol. The van der Waals surface area contributed by atoms with Crippen LogP contribution in [0.2, 0.25) is 0 Å². The molecular weight excluding hydrogens is 320 g/mol. The second-order valence-electron chi connectivity index (χ2n) is 6.38. The van der Waals surface area contributed by atoms with Crippen LogP contribution >= 0.6 is 12.4 Å². The Bertz CT molecular complexity index is 786. The number of likely N-dealkylation sites (tertiary alicyclic amines) is 1. The molecule has 2 N–H and O–H groups in total. The minimum Gasteiger partial charge on any atom is -0.381 e. The molecule has 1 aliphatic rings. The second kappa shape index (κ2) is 7.24. The van der Waals surface area contributed by atoms with Crippen molar-refractivity contribution in [2.45, 2.75) is 25.4 Å². The molecule has 126 valence electrons. The van der Waals surface area contributed by atoms with E-state index in [0.717, 1.165) is 24.0 Å². The van der Waals surface area contributed by atoms with Crippen molar-refractivity contribution in [1.82, 2.24) is 15.1 Å². The van der Waals surface area contributed by atoms with Gasteiger partial charge < -0.3 is 5.32 Å². The maximum Gasteiger partial charge on any atom is 0.0651 e. The number of aromatic amines is 1. The largest absolute Gasteiger partial charge is 0.381 e. The van der Waals surface area contributed by atoms with Crippen LogP contribution in [0.3, 0.4) is 0 Å². The fraction of sp³-hybridized carbons (Fsp3) is 0.316. The van der Waals surface area contributed by atoms with Crippen LogP contribution < -0.4 is 5.32 Å². The van der Waals surface area contributed by atoms with E-state index in [-0.39, 0.29) is 12.4 Å². The Kier molecular flexibility index (Phi) is 5.07. The van der Waals surface area contributed by atoms with Crippen molar-refractivity contribution in [3.63, 3.8) is 0 Å². The lowest BCUT2D eigenvalue weighted by atomic mass is 10.1. The van der Waals surface area contributed by atoms with E-state index in [4.69, 9.17) is 0 Å². The zero-order valence-electron chi connectivity index (χ0n) is 13.8. The summed E-state index contributed by atoms with van der Waals surface area (Å²) in [5, 5.41) is 11.9. The number of aromatic nitrogens is 2. The standard InChI is InChI=1S/C19H22N4.ClH/c1-14(15-5-3-2-4-6-15)23-10-9-18(13-23)21-17-7-8-19-16(11-17)12-20-22-19;/h2-8,11-12,14,18,21H,9-10,13H2,1H3,(H,20,22);1H. The molecule has 5 heteroatoms. The second-order valence-corrected chi connectivity index (χ2v) is 6.38. The lowest BCUT2D eigenvalue weighted by molar-refractivity contribution is 0.261. The molecule has 2 unspecified atom stereocenters. The molecule has 2 aromatic carbocycles. The number of fused-ring (bicyclic) bond motifs is 1. The number of nitrogens with one attached hydrogen (secondary N) is 2. The first kappa shape index (κ1) is 16.8. The van der Waals surface area contributed by atoms with Crippen molar-refractivity contribution in [3.05, 3.63) is 60.3 Å². The first-order valence-electron chi connectivity index (χ1n) is 8.28. The molecule has 1 aliphatic heterocycles. The van der Waals surface area contributed by atoms with Crippen molar-refractivity contribution in [1.29, 1.82) is 0 Å². The van der Waals surface area contributed by atoms with Gasteiger partial charge in [0.05, 0.1) is 11.7 Å². The zero-order valence-corrected chi connectivity index (χ0v) is 14.6. The Morgan fingerprint density at radius 1 is 1.21 bits per heavy atom. The molecule has 24 heavy (non-hydrogen) atoms. The fourth-order valence-electron chi connectivity index (χ4n) is 3.47. The number of nitrogens with zero attached hydrogens (tertiary/aromatic N) is 2. The van der Waals surface area contributed by atoms with Gasteiger partial charge in [-0.1, -0.05) is 30.3 Å². The molecule has 1 fully saturated rings. The predicted octanol–water partition coefficient (Wildman–Crippen LogP) is 4.23. The van der Waals surface area contributed by atoms with Gasteiger partial charge in [0.25, 0.3) is 0 Å². The third kappa shape index (κ3) is 3.40. The number of hydrogen-bond acceptors (Lipinski definition) is 3. The van der Waals surface area contributed by atoms with Gasteiger partial charge in [0.15, 0.2) is 0 Å². The van der Waals surface area contributed by atoms with Crippen LogP contribution in [0.15, 0.2) is 54.7 Å². The SMILES string of the molecule is CC(c1ccccc1)N1CCC(Nc2ccc3[nH]ncc3c2)C1.Cl. The molecule has 0 spiro atoms. The lowest BCUT2D eigenvalue weighted by Gasteiger charge is -2.25. The summed E-state index contributed by atoms with van der Waals surface area (Å²) in [6.07, 6.45) is 3.06. The molecular formula is C19H23ClN4. The maximum atomic E-state index is 4.08. The van der Waals surface area contributed by atoms with Gasteiger partial charge in [-0.3, -0.25) is 10.00 Å². The van der Waals surface area contributed by atoms with E-state index in [2.05, 4.69) is 75.9 Å². The Labute approximate surface area is 148 Å². The molecule has 3 aromatic rings. The van der Waals surface area contributed by atoms with E-state index in [1.54, 1.807) is 0 Å². The highest BCUT2D eigenvalue weighted by atomic mass is 35.5. The normalized spacial score (nSPS) is 19.1. The summed E-state index contributed by atoms with van der Waals surface area (Å²) in [6.45, 7) is 4.52. The van der Waals surface area contributed by atoms with Crippen molar-refractivity contribution in [2.24, 2.45) is 0 Å². The number of H-pyrrole nitrogens is 1. The Balaban J connectivity index is 0.00000169. The zero-order chi connectivity index (χ0) is 15.6. The highest BCUT2D eigenvalue weighted by molar-refractivity contribution is 5.85. The molecule has 0 amide bonds. The number of benzene rings is 2. The van der Waals surface area contributed by atoms with Gasteiger partial charge >= 0.3 is 0 Å². The minimum absolute atomic E-state index is 0. The van der Waals surface area contributed by atoms with Crippen LogP contribution in [-0.4, -0.2) is 34.2 Å². The quantitative estimate of drug-likeness (QED) is 0.745. The third-order valence-corrected chi connectivity index (χ3v) is 4.86. The summed E-state index contributed by atoms with van der Waals surface area (Å²) in [7, 11) is 0. The average molecular weight is 343 g/mol. The molecule has 1 aromatic heterocycles. The Morgan fingerprint density at radius 2 is 2.04 bits per heavy atom. The van der Waals surface area contributed by atoms with E-state index in [0.29, 0.717) is 12.1 Å². The molecule has 4 rings (SSSR count).